The summed E-state index contributed by atoms with van der Waals surface area (Å²) in [5.74, 6) is 1.37. The van der Waals surface area contributed by atoms with Crippen molar-refractivity contribution in [2.75, 3.05) is 7.05 Å². The van der Waals surface area contributed by atoms with Gasteiger partial charge in [-0.2, -0.15) is 0 Å². The molecular formula is C9H10N2O2. The molecule has 0 saturated heterocycles. The Balaban J connectivity index is 2.23. The minimum atomic E-state index is 0.662. The summed E-state index contributed by atoms with van der Waals surface area (Å²) in [5, 5.41) is 6.85. The highest BCUT2D eigenvalue weighted by Crippen LogP contribution is 2.20. The van der Waals surface area contributed by atoms with Gasteiger partial charge < -0.3 is 14.3 Å². The molecule has 2 heterocycles. The van der Waals surface area contributed by atoms with Gasteiger partial charge in [0.05, 0.1) is 12.0 Å². The zero-order chi connectivity index (χ0) is 9.10. The third-order valence-electron chi connectivity index (χ3n) is 1.68. The van der Waals surface area contributed by atoms with E-state index in [1.165, 1.54) is 0 Å². The number of nitrogens with zero attached hydrogens (tertiary/aromatic N) is 1. The van der Waals surface area contributed by atoms with Crippen molar-refractivity contribution in [2.24, 2.45) is 0 Å². The second-order valence-corrected chi connectivity index (χ2v) is 2.69. The molecule has 4 heteroatoms. The summed E-state index contributed by atoms with van der Waals surface area (Å²) in [7, 11) is 1.86. The lowest BCUT2D eigenvalue weighted by atomic mass is 10.3. The third-order valence-corrected chi connectivity index (χ3v) is 1.68. The lowest BCUT2D eigenvalue weighted by molar-refractivity contribution is 0.409. The molecule has 4 nitrogen and oxygen atoms in total. The molecular weight excluding hydrogens is 168 g/mol. The molecule has 0 aliphatic carbocycles. The lowest BCUT2D eigenvalue weighted by Crippen LogP contribution is -2.04. The number of hydrogen-bond donors (Lipinski definition) is 1. The summed E-state index contributed by atoms with van der Waals surface area (Å²) >= 11 is 0. The van der Waals surface area contributed by atoms with Gasteiger partial charge in [0.2, 0.25) is 5.76 Å². The van der Waals surface area contributed by atoms with Gasteiger partial charge in [0.25, 0.3) is 0 Å². The topological polar surface area (TPSA) is 51.2 Å². The summed E-state index contributed by atoms with van der Waals surface area (Å²) in [5.41, 5.74) is 0.869. The van der Waals surface area contributed by atoms with Gasteiger partial charge in [-0.15, -0.1) is 0 Å². The summed E-state index contributed by atoms with van der Waals surface area (Å²) in [4.78, 5) is 0. The van der Waals surface area contributed by atoms with E-state index in [0.29, 0.717) is 18.1 Å². The molecule has 2 rings (SSSR count). The Kier molecular flexibility index (Phi) is 2.14. The van der Waals surface area contributed by atoms with E-state index in [9.17, 15) is 0 Å². The number of aromatic nitrogens is 1. The molecule has 0 bridgehead atoms. The summed E-state index contributed by atoms with van der Waals surface area (Å²) < 4.78 is 10.2. The average Bonchev–Trinajstić information content (AvgIpc) is 2.70. The highest BCUT2D eigenvalue weighted by atomic mass is 16.5. The van der Waals surface area contributed by atoms with E-state index >= 15 is 0 Å². The van der Waals surface area contributed by atoms with Crippen LogP contribution in [-0.2, 0) is 6.54 Å². The Morgan fingerprint density at radius 3 is 3.08 bits per heavy atom. The molecule has 0 radical (unpaired) electrons. The molecule has 0 fully saturated rings. The molecule has 13 heavy (non-hydrogen) atoms. The van der Waals surface area contributed by atoms with E-state index in [4.69, 9.17) is 8.94 Å². The maximum absolute atomic E-state index is 5.16. The van der Waals surface area contributed by atoms with Crippen molar-refractivity contribution in [3.63, 3.8) is 0 Å². The number of furan rings is 1. The van der Waals surface area contributed by atoms with Gasteiger partial charge in [-0.05, 0) is 19.2 Å². The largest absolute Gasteiger partial charge is 0.461 e. The molecule has 2 aromatic rings. The van der Waals surface area contributed by atoms with Crippen molar-refractivity contribution in [3.8, 4) is 11.5 Å². The van der Waals surface area contributed by atoms with Gasteiger partial charge in [-0.3, -0.25) is 0 Å². The number of rotatable bonds is 3. The van der Waals surface area contributed by atoms with E-state index in [2.05, 4.69) is 10.5 Å². The van der Waals surface area contributed by atoms with Crippen molar-refractivity contribution in [3.05, 3.63) is 30.2 Å². The average molecular weight is 178 g/mol. The van der Waals surface area contributed by atoms with Gasteiger partial charge in [-0.1, -0.05) is 5.16 Å². The van der Waals surface area contributed by atoms with Crippen molar-refractivity contribution in [1.29, 1.82) is 0 Å². The molecule has 0 atom stereocenters. The van der Waals surface area contributed by atoms with Crippen LogP contribution in [0.15, 0.2) is 33.4 Å². The second kappa shape index (κ2) is 3.45. The fourth-order valence-corrected chi connectivity index (χ4v) is 1.11. The van der Waals surface area contributed by atoms with E-state index in [0.717, 1.165) is 5.69 Å². The summed E-state index contributed by atoms with van der Waals surface area (Å²) in [6, 6.07) is 5.51. The van der Waals surface area contributed by atoms with Crippen molar-refractivity contribution < 1.29 is 8.94 Å². The molecule has 0 spiro atoms. The SMILES string of the molecule is CNCc1cc(-c2ccco2)on1. The van der Waals surface area contributed by atoms with Gasteiger partial charge in [0.15, 0.2) is 5.76 Å². The van der Waals surface area contributed by atoms with Crippen LogP contribution in [0.2, 0.25) is 0 Å². The molecule has 1 N–H and O–H groups in total. The quantitative estimate of drug-likeness (QED) is 0.776. The normalized spacial score (nSPS) is 10.5. The first kappa shape index (κ1) is 8.07. The van der Waals surface area contributed by atoms with Gasteiger partial charge in [-0.25, -0.2) is 0 Å². The predicted molar refractivity (Wildman–Crippen MR) is 47.0 cm³/mol. The Bertz CT molecular complexity index is 365. The Hall–Kier alpha value is -1.55. The maximum Gasteiger partial charge on any atom is 0.202 e. The fraction of sp³-hybridized carbons (Fsp3) is 0.222. The van der Waals surface area contributed by atoms with Crippen LogP contribution in [0.1, 0.15) is 5.69 Å². The van der Waals surface area contributed by atoms with Crippen LogP contribution < -0.4 is 5.32 Å². The van der Waals surface area contributed by atoms with Crippen LogP contribution in [0.4, 0.5) is 0 Å². The Morgan fingerprint density at radius 1 is 1.46 bits per heavy atom. The van der Waals surface area contributed by atoms with Crippen LogP contribution >= 0.6 is 0 Å². The molecule has 0 saturated carbocycles. The molecule has 0 aliphatic heterocycles. The maximum atomic E-state index is 5.16. The number of hydrogen-bond acceptors (Lipinski definition) is 4. The third kappa shape index (κ3) is 1.62. The van der Waals surface area contributed by atoms with E-state index in [-0.39, 0.29) is 0 Å². The zero-order valence-electron chi connectivity index (χ0n) is 7.28. The number of nitrogens with one attached hydrogen (secondary N) is 1. The van der Waals surface area contributed by atoms with E-state index < -0.39 is 0 Å². The Morgan fingerprint density at radius 2 is 2.38 bits per heavy atom. The zero-order valence-corrected chi connectivity index (χ0v) is 7.28. The predicted octanol–water partition coefficient (Wildman–Crippen LogP) is 1.65. The summed E-state index contributed by atoms with van der Waals surface area (Å²) in [6.45, 7) is 0.699. The van der Waals surface area contributed by atoms with Crippen molar-refractivity contribution >= 4 is 0 Å². The highest BCUT2D eigenvalue weighted by molar-refractivity contribution is 5.49. The molecule has 0 amide bonds. The molecule has 2 aromatic heterocycles. The molecule has 68 valence electrons. The minimum Gasteiger partial charge on any atom is -0.461 e. The fourth-order valence-electron chi connectivity index (χ4n) is 1.11. The minimum absolute atomic E-state index is 0.662. The first-order valence-corrected chi connectivity index (χ1v) is 4.04. The first-order chi connectivity index (χ1) is 6.40. The summed E-state index contributed by atoms with van der Waals surface area (Å²) in [6.07, 6.45) is 1.61. The van der Waals surface area contributed by atoms with E-state index in [1.54, 1.807) is 6.26 Å². The molecule has 0 unspecified atom stereocenters. The van der Waals surface area contributed by atoms with Crippen LogP contribution in [0.5, 0.6) is 0 Å². The standard InChI is InChI=1S/C9H10N2O2/c1-10-6-7-5-9(13-11-7)8-3-2-4-12-8/h2-5,10H,6H2,1H3. The smallest absolute Gasteiger partial charge is 0.202 e. The van der Waals surface area contributed by atoms with Crippen LogP contribution in [-0.4, -0.2) is 12.2 Å². The van der Waals surface area contributed by atoms with Crippen molar-refractivity contribution in [1.82, 2.24) is 10.5 Å². The molecule has 0 aliphatic rings. The second-order valence-electron chi connectivity index (χ2n) is 2.69. The van der Waals surface area contributed by atoms with Crippen LogP contribution in [0.25, 0.3) is 11.5 Å². The highest BCUT2D eigenvalue weighted by Gasteiger charge is 2.07. The lowest BCUT2D eigenvalue weighted by Gasteiger charge is -1.87. The van der Waals surface area contributed by atoms with Crippen LogP contribution in [0, 0.1) is 0 Å². The van der Waals surface area contributed by atoms with Gasteiger partial charge in [0.1, 0.15) is 0 Å². The van der Waals surface area contributed by atoms with E-state index in [1.807, 2.05) is 25.2 Å². The van der Waals surface area contributed by atoms with Gasteiger partial charge >= 0.3 is 0 Å². The first-order valence-electron chi connectivity index (χ1n) is 4.04. The monoisotopic (exact) mass is 178 g/mol. The molecule has 0 aromatic carbocycles. The van der Waals surface area contributed by atoms with Gasteiger partial charge in [0, 0.05) is 12.6 Å². The Labute approximate surface area is 75.5 Å². The van der Waals surface area contributed by atoms with Crippen LogP contribution in [0.3, 0.4) is 0 Å². The van der Waals surface area contributed by atoms with Crippen molar-refractivity contribution in [2.45, 2.75) is 6.54 Å².